The quantitative estimate of drug-likeness (QED) is 0.277. The van der Waals surface area contributed by atoms with Gasteiger partial charge in [-0.3, -0.25) is 9.79 Å². The number of guanidine groups is 1. The van der Waals surface area contributed by atoms with E-state index in [9.17, 15) is 13.2 Å². The molecule has 0 bridgehead atoms. The zero-order chi connectivity index (χ0) is 18.1. The van der Waals surface area contributed by atoms with Crippen LogP contribution in [0.4, 0.5) is 0 Å². The van der Waals surface area contributed by atoms with Gasteiger partial charge in [0.15, 0.2) is 5.96 Å². The molecule has 1 heterocycles. The van der Waals surface area contributed by atoms with Crippen molar-refractivity contribution in [3.8, 4) is 0 Å². The number of hydrogen-bond donors (Lipinski definition) is 3. The molecule has 0 unspecified atom stereocenters. The molecule has 1 amide bonds. The van der Waals surface area contributed by atoms with Crippen molar-refractivity contribution in [3.05, 3.63) is 0 Å². The summed E-state index contributed by atoms with van der Waals surface area (Å²) in [6.45, 7) is 5.13. The molecule has 144 valence electrons. The van der Waals surface area contributed by atoms with Crippen LogP contribution in [0.25, 0.3) is 0 Å². The Labute approximate surface area is 154 Å². The van der Waals surface area contributed by atoms with E-state index in [2.05, 4.69) is 20.9 Å². The maximum absolute atomic E-state index is 12.3. The second-order valence-electron chi connectivity index (χ2n) is 6.08. The lowest BCUT2D eigenvalue weighted by Crippen LogP contribution is -2.42. The van der Waals surface area contributed by atoms with Crippen molar-refractivity contribution in [1.29, 1.82) is 0 Å². The summed E-state index contributed by atoms with van der Waals surface area (Å²) in [6, 6.07) is 0. The molecular formula is C15H29N5O3S2. The smallest absolute Gasteiger partial charge is 0.223 e. The Balaban J connectivity index is 1.71. The second-order valence-corrected chi connectivity index (χ2v) is 9.39. The Kier molecular flexibility index (Phi) is 8.31. The third-order valence-corrected chi connectivity index (χ3v) is 6.78. The number of rotatable bonds is 9. The molecule has 2 aliphatic rings. The van der Waals surface area contributed by atoms with Gasteiger partial charge < -0.3 is 16.0 Å². The van der Waals surface area contributed by atoms with Crippen LogP contribution in [0.5, 0.6) is 0 Å². The zero-order valence-corrected chi connectivity index (χ0v) is 16.4. The van der Waals surface area contributed by atoms with Crippen molar-refractivity contribution in [2.24, 2.45) is 10.9 Å². The summed E-state index contributed by atoms with van der Waals surface area (Å²) in [4.78, 5) is 15.9. The minimum atomic E-state index is -3.23. The molecule has 1 aliphatic heterocycles. The van der Waals surface area contributed by atoms with E-state index in [0.717, 1.165) is 24.3 Å². The van der Waals surface area contributed by atoms with E-state index in [-0.39, 0.29) is 24.1 Å². The van der Waals surface area contributed by atoms with Crippen molar-refractivity contribution < 1.29 is 13.2 Å². The van der Waals surface area contributed by atoms with Crippen molar-refractivity contribution in [2.45, 2.75) is 19.8 Å². The largest absolute Gasteiger partial charge is 0.357 e. The van der Waals surface area contributed by atoms with E-state index in [0.29, 0.717) is 38.7 Å². The van der Waals surface area contributed by atoms with E-state index in [1.54, 1.807) is 16.1 Å². The first-order valence-electron chi connectivity index (χ1n) is 8.88. The normalized spacial score (nSPS) is 19.5. The van der Waals surface area contributed by atoms with Crippen LogP contribution in [0.1, 0.15) is 19.8 Å². The number of thioether (sulfide) groups is 1. The summed E-state index contributed by atoms with van der Waals surface area (Å²) in [6.07, 6.45) is 1.99. The number of sulfonamides is 1. The Morgan fingerprint density at radius 2 is 1.84 bits per heavy atom. The van der Waals surface area contributed by atoms with Gasteiger partial charge in [0.2, 0.25) is 15.9 Å². The van der Waals surface area contributed by atoms with E-state index in [1.165, 1.54) is 0 Å². The Hall–Kier alpha value is -1.00. The fourth-order valence-corrected chi connectivity index (χ4v) is 4.88. The molecule has 1 saturated carbocycles. The second kappa shape index (κ2) is 10.2. The lowest BCUT2D eigenvalue weighted by Gasteiger charge is -2.25. The van der Waals surface area contributed by atoms with Gasteiger partial charge in [-0.1, -0.05) is 0 Å². The molecule has 0 aromatic carbocycles. The summed E-state index contributed by atoms with van der Waals surface area (Å²) in [7, 11) is -3.23. The van der Waals surface area contributed by atoms with Gasteiger partial charge >= 0.3 is 0 Å². The molecule has 1 aliphatic carbocycles. The number of aliphatic imine (C=N–C) groups is 1. The summed E-state index contributed by atoms with van der Waals surface area (Å²) < 4.78 is 26.1. The molecule has 3 N–H and O–H groups in total. The molecule has 0 radical (unpaired) electrons. The fraction of sp³-hybridized carbons (Fsp3) is 0.867. The van der Waals surface area contributed by atoms with Crippen molar-refractivity contribution >= 4 is 33.7 Å². The van der Waals surface area contributed by atoms with Crippen LogP contribution in [-0.4, -0.2) is 81.1 Å². The average Bonchev–Trinajstić information content (AvgIpc) is 3.44. The van der Waals surface area contributed by atoms with Gasteiger partial charge in [-0.2, -0.15) is 11.8 Å². The van der Waals surface area contributed by atoms with Crippen molar-refractivity contribution in [1.82, 2.24) is 20.3 Å². The molecular weight excluding hydrogens is 362 g/mol. The highest BCUT2D eigenvalue weighted by atomic mass is 32.2. The van der Waals surface area contributed by atoms with E-state index < -0.39 is 10.0 Å². The first-order chi connectivity index (χ1) is 12.0. The van der Waals surface area contributed by atoms with Gasteiger partial charge in [0.25, 0.3) is 0 Å². The zero-order valence-electron chi connectivity index (χ0n) is 14.8. The maximum Gasteiger partial charge on any atom is 0.223 e. The SMILES string of the molecule is CCNC(=NCCS(=O)(=O)N1CCSCC1)NCCNC(=O)C1CC1. The van der Waals surface area contributed by atoms with Gasteiger partial charge in [-0.05, 0) is 19.8 Å². The monoisotopic (exact) mass is 391 g/mol. The summed E-state index contributed by atoms with van der Waals surface area (Å²) in [5.74, 6) is 2.65. The number of carbonyl (C=O) groups is 1. The third-order valence-electron chi connectivity index (χ3n) is 3.99. The fourth-order valence-electron chi connectivity index (χ4n) is 2.42. The molecule has 0 aromatic heterocycles. The third kappa shape index (κ3) is 7.41. The molecule has 8 nitrogen and oxygen atoms in total. The van der Waals surface area contributed by atoms with Crippen molar-refractivity contribution in [2.75, 3.05) is 56.5 Å². The van der Waals surface area contributed by atoms with Crippen LogP contribution < -0.4 is 16.0 Å². The van der Waals surface area contributed by atoms with Gasteiger partial charge in [-0.25, -0.2) is 12.7 Å². The van der Waals surface area contributed by atoms with Crippen LogP contribution in [0.15, 0.2) is 4.99 Å². The standard InChI is InChI=1S/C15H29N5O3S2/c1-2-16-15(18-6-5-17-14(21)13-3-4-13)19-7-12-25(22,23)20-8-10-24-11-9-20/h13H,2-12H2,1H3,(H,17,21)(H2,16,18,19). The van der Waals surface area contributed by atoms with Gasteiger partial charge in [0, 0.05) is 50.1 Å². The number of nitrogens with zero attached hydrogens (tertiary/aromatic N) is 2. The summed E-state index contributed by atoms with van der Waals surface area (Å²) in [5, 5.41) is 9.08. The number of nitrogens with one attached hydrogen (secondary N) is 3. The van der Waals surface area contributed by atoms with Crippen LogP contribution in [0, 0.1) is 5.92 Å². The van der Waals surface area contributed by atoms with Crippen LogP contribution in [-0.2, 0) is 14.8 Å². The highest BCUT2D eigenvalue weighted by molar-refractivity contribution is 7.99. The number of hydrogen-bond acceptors (Lipinski definition) is 5. The summed E-state index contributed by atoms with van der Waals surface area (Å²) in [5.41, 5.74) is 0. The van der Waals surface area contributed by atoms with E-state index in [4.69, 9.17) is 0 Å². The molecule has 1 saturated heterocycles. The van der Waals surface area contributed by atoms with E-state index in [1.807, 2.05) is 6.92 Å². The van der Waals surface area contributed by atoms with Crippen LogP contribution >= 0.6 is 11.8 Å². The predicted octanol–water partition coefficient (Wildman–Crippen LogP) is -0.554. The van der Waals surface area contributed by atoms with Crippen LogP contribution in [0.3, 0.4) is 0 Å². The van der Waals surface area contributed by atoms with Gasteiger partial charge in [-0.15, -0.1) is 0 Å². The highest BCUT2D eigenvalue weighted by Gasteiger charge is 2.29. The molecule has 2 fully saturated rings. The number of amides is 1. The lowest BCUT2D eigenvalue weighted by molar-refractivity contribution is -0.122. The molecule has 0 spiro atoms. The first-order valence-corrected chi connectivity index (χ1v) is 11.6. The van der Waals surface area contributed by atoms with Crippen molar-refractivity contribution in [3.63, 3.8) is 0 Å². The maximum atomic E-state index is 12.3. The van der Waals surface area contributed by atoms with Gasteiger partial charge in [0.1, 0.15) is 0 Å². The molecule has 10 heteroatoms. The lowest BCUT2D eigenvalue weighted by atomic mass is 10.4. The predicted molar refractivity (Wildman–Crippen MR) is 102 cm³/mol. The van der Waals surface area contributed by atoms with E-state index >= 15 is 0 Å². The minimum Gasteiger partial charge on any atom is -0.357 e. The first kappa shape index (κ1) is 20.3. The van der Waals surface area contributed by atoms with Gasteiger partial charge in [0.05, 0.1) is 12.3 Å². The Morgan fingerprint density at radius 1 is 1.16 bits per heavy atom. The topological polar surface area (TPSA) is 103 Å². The molecule has 0 aromatic rings. The molecule has 0 atom stereocenters. The van der Waals surface area contributed by atoms with Crippen LogP contribution in [0.2, 0.25) is 0 Å². The Morgan fingerprint density at radius 3 is 2.48 bits per heavy atom. The molecule has 25 heavy (non-hydrogen) atoms. The highest BCUT2D eigenvalue weighted by Crippen LogP contribution is 2.28. The molecule has 2 rings (SSSR count). The minimum absolute atomic E-state index is 0.0205. The number of carbonyl (C=O) groups excluding carboxylic acids is 1. The average molecular weight is 392 g/mol. The Bertz CT molecular complexity index is 558. The summed E-state index contributed by atoms with van der Waals surface area (Å²) >= 11 is 1.79.